The van der Waals surface area contributed by atoms with Gasteiger partial charge in [0, 0.05) is 11.9 Å². The Balaban J connectivity index is 1.98. The predicted molar refractivity (Wildman–Crippen MR) is 94.5 cm³/mol. The molecule has 4 nitrogen and oxygen atoms in total. The number of hydrogen-bond donors (Lipinski definition) is 2. The second-order valence-electron chi connectivity index (χ2n) is 5.39. The molecule has 0 spiro atoms. The smallest absolute Gasteiger partial charge is 0.191 e. The first-order valence-corrected chi connectivity index (χ1v) is 8.28. The molecule has 1 heterocycles. The lowest BCUT2D eigenvalue weighted by atomic mass is 10.0. The maximum Gasteiger partial charge on any atom is 0.191 e. The Labute approximate surface area is 136 Å². The van der Waals surface area contributed by atoms with Gasteiger partial charge in [0.1, 0.15) is 0 Å². The van der Waals surface area contributed by atoms with E-state index in [1.165, 1.54) is 16.0 Å². The number of benzene rings is 1. The Hall–Kier alpha value is -1.88. The van der Waals surface area contributed by atoms with Crippen LogP contribution in [0.15, 0.2) is 29.3 Å². The van der Waals surface area contributed by atoms with Gasteiger partial charge in [0.05, 0.1) is 23.3 Å². The second kappa shape index (κ2) is 7.40. The minimum absolute atomic E-state index is 0.205. The van der Waals surface area contributed by atoms with Crippen molar-refractivity contribution in [3.05, 3.63) is 51.0 Å². The molecule has 1 aromatic carbocycles. The summed E-state index contributed by atoms with van der Waals surface area (Å²) in [7, 11) is 1.80. The summed E-state index contributed by atoms with van der Waals surface area (Å²) < 4.78 is 0. The van der Waals surface area contributed by atoms with Crippen molar-refractivity contribution in [3.63, 3.8) is 0 Å². The van der Waals surface area contributed by atoms with E-state index in [1.807, 2.05) is 13.8 Å². The summed E-state index contributed by atoms with van der Waals surface area (Å²) in [5.41, 5.74) is 3.67. The fourth-order valence-electron chi connectivity index (χ4n) is 2.45. The van der Waals surface area contributed by atoms with E-state index in [2.05, 4.69) is 58.7 Å². The van der Waals surface area contributed by atoms with Crippen LogP contribution < -0.4 is 10.6 Å². The van der Waals surface area contributed by atoms with E-state index in [9.17, 15) is 0 Å². The first-order valence-electron chi connectivity index (χ1n) is 7.47. The van der Waals surface area contributed by atoms with Crippen LogP contribution in [0.4, 0.5) is 0 Å². The quantitative estimate of drug-likeness (QED) is 0.670. The average Bonchev–Trinajstić information content (AvgIpc) is 2.81. The minimum Gasteiger partial charge on any atom is -0.351 e. The molecule has 1 atom stereocenters. The molecule has 0 amide bonds. The van der Waals surface area contributed by atoms with Gasteiger partial charge in [0.25, 0.3) is 0 Å². The third kappa shape index (κ3) is 4.07. The molecule has 2 N–H and O–H groups in total. The van der Waals surface area contributed by atoms with Crippen LogP contribution in [-0.2, 0) is 6.54 Å². The highest BCUT2D eigenvalue weighted by Gasteiger charge is 2.11. The van der Waals surface area contributed by atoms with Crippen LogP contribution in [0.25, 0.3) is 0 Å². The highest BCUT2D eigenvalue weighted by atomic mass is 32.1. The fraction of sp³-hybridized carbons (Fsp3) is 0.412. The van der Waals surface area contributed by atoms with Crippen molar-refractivity contribution < 1.29 is 0 Å². The molecular weight excluding hydrogens is 292 g/mol. The van der Waals surface area contributed by atoms with Crippen molar-refractivity contribution in [1.82, 2.24) is 15.6 Å². The molecular formula is C17H24N4S. The number of aromatic nitrogens is 1. The standard InChI is InChI=1S/C17H24N4S/c1-11-8-6-7-9-15(11)12(2)21-17(18-5)19-10-16-13(3)20-14(4)22-16/h6-9,12H,10H2,1-5H3,(H2,18,19,21). The number of guanidine groups is 1. The number of hydrogen-bond acceptors (Lipinski definition) is 3. The zero-order valence-corrected chi connectivity index (χ0v) is 14.7. The van der Waals surface area contributed by atoms with Gasteiger partial charge >= 0.3 is 0 Å². The van der Waals surface area contributed by atoms with Gasteiger partial charge < -0.3 is 10.6 Å². The third-order valence-electron chi connectivity index (χ3n) is 3.65. The third-order valence-corrected chi connectivity index (χ3v) is 4.72. The second-order valence-corrected chi connectivity index (χ2v) is 6.68. The summed E-state index contributed by atoms with van der Waals surface area (Å²) in [5.74, 6) is 0.807. The number of aliphatic imine (C=N–C) groups is 1. The number of rotatable bonds is 4. The largest absolute Gasteiger partial charge is 0.351 e. The van der Waals surface area contributed by atoms with Gasteiger partial charge in [-0.2, -0.15) is 0 Å². The summed E-state index contributed by atoms with van der Waals surface area (Å²) in [6.07, 6.45) is 0. The van der Waals surface area contributed by atoms with Crippen molar-refractivity contribution in [2.45, 2.75) is 40.3 Å². The molecule has 0 radical (unpaired) electrons. The highest BCUT2D eigenvalue weighted by Crippen LogP contribution is 2.18. The van der Waals surface area contributed by atoms with Gasteiger partial charge in [-0.05, 0) is 38.8 Å². The molecule has 2 rings (SSSR count). The van der Waals surface area contributed by atoms with Crippen LogP contribution in [-0.4, -0.2) is 18.0 Å². The predicted octanol–water partition coefficient (Wildman–Crippen LogP) is 3.49. The van der Waals surface area contributed by atoms with Crippen molar-refractivity contribution in [2.24, 2.45) is 4.99 Å². The lowest BCUT2D eigenvalue weighted by Crippen LogP contribution is -2.38. The highest BCUT2D eigenvalue weighted by molar-refractivity contribution is 7.11. The van der Waals surface area contributed by atoms with Crippen molar-refractivity contribution in [1.29, 1.82) is 0 Å². The van der Waals surface area contributed by atoms with E-state index in [0.717, 1.165) is 23.2 Å². The topological polar surface area (TPSA) is 49.3 Å². The lowest BCUT2D eigenvalue weighted by Gasteiger charge is -2.19. The Morgan fingerprint density at radius 3 is 2.59 bits per heavy atom. The molecule has 5 heteroatoms. The number of nitrogens with one attached hydrogen (secondary N) is 2. The zero-order chi connectivity index (χ0) is 16.1. The van der Waals surface area contributed by atoms with Gasteiger partial charge in [-0.25, -0.2) is 4.98 Å². The maximum absolute atomic E-state index is 4.45. The summed E-state index contributed by atoms with van der Waals surface area (Å²) in [4.78, 5) is 10.0. The summed E-state index contributed by atoms with van der Waals surface area (Å²) >= 11 is 1.73. The summed E-state index contributed by atoms with van der Waals surface area (Å²) in [6.45, 7) is 9.11. The van der Waals surface area contributed by atoms with Crippen LogP contribution in [0.3, 0.4) is 0 Å². The molecule has 0 aliphatic rings. The fourth-order valence-corrected chi connectivity index (χ4v) is 3.33. The Morgan fingerprint density at radius 1 is 1.27 bits per heavy atom. The monoisotopic (exact) mass is 316 g/mol. The van der Waals surface area contributed by atoms with Gasteiger partial charge in [0.2, 0.25) is 0 Å². The normalized spacial score (nSPS) is 13.0. The van der Waals surface area contributed by atoms with Crippen molar-refractivity contribution in [3.8, 4) is 0 Å². The molecule has 0 saturated carbocycles. The zero-order valence-electron chi connectivity index (χ0n) is 13.9. The van der Waals surface area contributed by atoms with E-state index >= 15 is 0 Å². The van der Waals surface area contributed by atoms with Crippen molar-refractivity contribution in [2.75, 3.05) is 7.05 Å². The molecule has 1 unspecified atom stereocenters. The molecule has 1 aromatic heterocycles. The molecule has 0 saturated heterocycles. The molecule has 0 bridgehead atoms. The first kappa shape index (κ1) is 16.5. The molecule has 22 heavy (non-hydrogen) atoms. The molecule has 0 aliphatic carbocycles. The summed E-state index contributed by atoms with van der Waals surface area (Å²) in [6, 6.07) is 8.62. The van der Waals surface area contributed by atoms with Gasteiger partial charge in [-0.1, -0.05) is 24.3 Å². The lowest BCUT2D eigenvalue weighted by molar-refractivity contribution is 0.682. The van der Waals surface area contributed by atoms with Crippen molar-refractivity contribution >= 4 is 17.3 Å². The van der Waals surface area contributed by atoms with E-state index < -0.39 is 0 Å². The molecule has 0 aliphatic heterocycles. The number of nitrogens with zero attached hydrogens (tertiary/aromatic N) is 2. The number of thiazole rings is 1. The Morgan fingerprint density at radius 2 is 2.00 bits per heavy atom. The summed E-state index contributed by atoms with van der Waals surface area (Å²) in [5, 5.41) is 7.92. The average molecular weight is 316 g/mol. The van der Waals surface area contributed by atoms with Crippen LogP contribution >= 0.6 is 11.3 Å². The van der Waals surface area contributed by atoms with Gasteiger partial charge in [0.15, 0.2) is 5.96 Å². The van der Waals surface area contributed by atoms with E-state index in [1.54, 1.807) is 18.4 Å². The van der Waals surface area contributed by atoms with Crippen LogP contribution in [0, 0.1) is 20.8 Å². The van der Waals surface area contributed by atoms with E-state index in [-0.39, 0.29) is 6.04 Å². The molecule has 2 aromatic rings. The van der Waals surface area contributed by atoms with Gasteiger partial charge in [-0.15, -0.1) is 11.3 Å². The van der Waals surface area contributed by atoms with E-state index in [0.29, 0.717) is 0 Å². The van der Waals surface area contributed by atoms with Crippen LogP contribution in [0.1, 0.15) is 39.7 Å². The Bertz CT molecular complexity index is 660. The minimum atomic E-state index is 0.205. The van der Waals surface area contributed by atoms with Crippen LogP contribution in [0.5, 0.6) is 0 Å². The van der Waals surface area contributed by atoms with E-state index in [4.69, 9.17) is 0 Å². The first-order chi connectivity index (χ1) is 10.5. The van der Waals surface area contributed by atoms with Gasteiger partial charge in [-0.3, -0.25) is 4.99 Å². The van der Waals surface area contributed by atoms with Crippen LogP contribution in [0.2, 0.25) is 0 Å². The molecule has 0 fully saturated rings. The SMILES string of the molecule is CN=C(NCc1sc(C)nc1C)NC(C)c1ccccc1C. The maximum atomic E-state index is 4.45. The number of aryl methyl sites for hydroxylation is 3. The molecule has 118 valence electrons. The Kier molecular flexibility index (Phi) is 5.55.